The van der Waals surface area contributed by atoms with Crippen LogP contribution in [0.4, 0.5) is 18.9 Å². The zero-order valence-electron chi connectivity index (χ0n) is 22.8. The van der Waals surface area contributed by atoms with E-state index in [1.807, 2.05) is 13.8 Å². The minimum absolute atomic E-state index is 0.0249. The largest absolute Gasteiger partial charge is 0.497 e. The predicted octanol–water partition coefficient (Wildman–Crippen LogP) is 4.45. The molecule has 0 saturated heterocycles. The number of alkyl halides is 3. The maximum atomic E-state index is 13.3. The van der Waals surface area contributed by atoms with Gasteiger partial charge in [0.1, 0.15) is 11.8 Å². The van der Waals surface area contributed by atoms with E-state index in [9.17, 15) is 31.2 Å². The maximum Gasteiger partial charge on any atom is 0.416 e. The molecule has 2 rings (SSSR count). The maximum absolute atomic E-state index is 13.3. The zero-order valence-corrected chi connectivity index (χ0v) is 23.6. The van der Waals surface area contributed by atoms with E-state index in [1.165, 1.54) is 18.1 Å². The van der Waals surface area contributed by atoms with Crippen LogP contribution in [0.5, 0.6) is 5.75 Å². The number of anilines is 1. The van der Waals surface area contributed by atoms with Gasteiger partial charge < -0.3 is 15.0 Å². The highest BCUT2D eigenvalue weighted by molar-refractivity contribution is 7.92. The van der Waals surface area contributed by atoms with Crippen molar-refractivity contribution in [1.29, 1.82) is 0 Å². The molecule has 0 heterocycles. The van der Waals surface area contributed by atoms with Crippen molar-refractivity contribution in [2.24, 2.45) is 5.92 Å². The first-order valence-electron chi connectivity index (χ1n) is 12.5. The number of methoxy groups -OCH3 is 1. The van der Waals surface area contributed by atoms with Crippen LogP contribution in [0.3, 0.4) is 0 Å². The van der Waals surface area contributed by atoms with Gasteiger partial charge in [-0.25, -0.2) is 8.42 Å². The summed E-state index contributed by atoms with van der Waals surface area (Å²) in [5.41, 5.74) is -0.391. The molecule has 0 aliphatic heterocycles. The summed E-state index contributed by atoms with van der Waals surface area (Å²) in [6, 6.07) is 10.3. The molecule has 0 spiro atoms. The highest BCUT2D eigenvalue weighted by Gasteiger charge is 2.32. The first kappa shape index (κ1) is 31.9. The van der Waals surface area contributed by atoms with E-state index in [0.717, 1.165) is 34.3 Å². The average Bonchev–Trinajstić information content (AvgIpc) is 2.86. The number of carbonyl (C=O) groups excluding carboxylic acids is 2. The molecule has 0 aliphatic carbocycles. The van der Waals surface area contributed by atoms with E-state index in [-0.39, 0.29) is 43.4 Å². The fourth-order valence-corrected chi connectivity index (χ4v) is 4.80. The first-order chi connectivity index (χ1) is 18.1. The van der Waals surface area contributed by atoms with Crippen molar-refractivity contribution in [2.45, 2.75) is 52.4 Å². The molecule has 2 aromatic carbocycles. The number of nitrogens with one attached hydrogen (secondary N) is 1. The summed E-state index contributed by atoms with van der Waals surface area (Å²) in [7, 11) is -2.42. The lowest BCUT2D eigenvalue weighted by Gasteiger charge is -2.30. The van der Waals surface area contributed by atoms with Crippen LogP contribution in [-0.2, 0) is 32.3 Å². The van der Waals surface area contributed by atoms with Crippen molar-refractivity contribution >= 4 is 27.5 Å². The van der Waals surface area contributed by atoms with Gasteiger partial charge in [-0.2, -0.15) is 13.2 Å². The minimum atomic E-state index is -4.64. The number of carbonyl (C=O) groups is 2. The van der Waals surface area contributed by atoms with Crippen molar-refractivity contribution in [2.75, 3.05) is 30.8 Å². The molecule has 1 atom stereocenters. The summed E-state index contributed by atoms with van der Waals surface area (Å²) in [5.74, 6) is 0.0624. The second-order valence-electron chi connectivity index (χ2n) is 9.67. The van der Waals surface area contributed by atoms with Crippen molar-refractivity contribution in [3.8, 4) is 5.75 Å². The number of amides is 2. The van der Waals surface area contributed by atoms with Crippen LogP contribution in [0.15, 0.2) is 48.5 Å². The van der Waals surface area contributed by atoms with Crippen LogP contribution in [0.1, 0.15) is 44.7 Å². The Morgan fingerprint density at radius 1 is 1.05 bits per heavy atom. The molecule has 216 valence electrons. The number of hydrogen-bond acceptors (Lipinski definition) is 5. The van der Waals surface area contributed by atoms with Crippen molar-refractivity contribution in [3.63, 3.8) is 0 Å². The lowest BCUT2D eigenvalue weighted by atomic mass is 10.1. The Kier molecular flexibility index (Phi) is 11.2. The van der Waals surface area contributed by atoms with Crippen molar-refractivity contribution < 1.29 is 35.9 Å². The van der Waals surface area contributed by atoms with Crippen LogP contribution in [-0.4, -0.2) is 57.6 Å². The SMILES string of the molecule is COc1cccc(CN(C(=O)CCCN(c2cccc(C(F)(F)F)c2)S(C)(=O)=O)[C@H](C)C(=O)NCC(C)C)c1. The number of benzene rings is 2. The molecule has 2 aromatic rings. The van der Waals surface area contributed by atoms with Gasteiger partial charge >= 0.3 is 6.18 Å². The summed E-state index contributed by atoms with van der Waals surface area (Å²) < 4.78 is 70.5. The van der Waals surface area contributed by atoms with Gasteiger partial charge in [0, 0.05) is 26.1 Å². The van der Waals surface area contributed by atoms with Crippen LogP contribution in [0, 0.1) is 5.92 Å². The molecule has 0 unspecified atom stereocenters. The predicted molar refractivity (Wildman–Crippen MR) is 144 cm³/mol. The molecule has 0 saturated carbocycles. The lowest BCUT2D eigenvalue weighted by molar-refractivity contribution is -0.140. The summed E-state index contributed by atoms with van der Waals surface area (Å²) in [6.07, 6.45) is -3.85. The lowest BCUT2D eigenvalue weighted by Crippen LogP contribution is -2.48. The molecule has 1 N–H and O–H groups in total. The van der Waals surface area contributed by atoms with Crippen LogP contribution >= 0.6 is 0 Å². The monoisotopic (exact) mass is 571 g/mol. The first-order valence-corrected chi connectivity index (χ1v) is 14.3. The molecule has 39 heavy (non-hydrogen) atoms. The van der Waals surface area contributed by atoms with Crippen LogP contribution in [0.25, 0.3) is 0 Å². The average molecular weight is 572 g/mol. The molecule has 0 aromatic heterocycles. The highest BCUT2D eigenvalue weighted by atomic mass is 32.2. The van der Waals surface area contributed by atoms with Gasteiger partial charge in [-0.1, -0.05) is 32.0 Å². The van der Waals surface area contributed by atoms with E-state index in [2.05, 4.69) is 5.32 Å². The number of halogens is 3. The van der Waals surface area contributed by atoms with Crippen LogP contribution in [0.2, 0.25) is 0 Å². The molecule has 0 radical (unpaired) electrons. The van der Waals surface area contributed by atoms with Crippen molar-refractivity contribution in [3.05, 3.63) is 59.7 Å². The molecular weight excluding hydrogens is 535 g/mol. The molecular formula is C27H36F3N3O5S. The number of nitrogens with zero attached hydrogens (tertiary/aromatic N) is 2. The molecule has 8 nitrogen and oxygen atoms in total. The van der Waals surface area contributed by atoms with Gasteiger partial charge in [-0.15, -0.1) is 0 Å². The third kappa shape index (κ3) is 9.76. The number of rotatable bonds is 13. The Bertz CT molecular complexity index is 1240. The van der Waals surface area contributed by atoms with Gasteiger partial charge in [0.2, 0.25) is 21.8 Å². The number of hydrogen-bond donors (Lipinski definition) is 1. The standard InChI is InChI=1S/C27H36F3N3O5S/c1-19(2)17-31-26(35)20(3)32(18-21-9-6-12-24(15-21)38-4)25(34)13-8-14-33(39(5,36)37)23-11-7-10-22(16-23)27(28,29)30/h6-7,9-12,15-16,19-20H,8,13-14,17-18H2,1-5H3,(H,31,35)/t20-/m1/s1. The van der Waals surface area contributed by atoms with Gasteiger partial charge in [0.25, 0.3) is 0 Å². The quantitative estimate of drug-likeness (QED) is 0.383. The third-order valence-corrected chi connectivity index (χ3v) is 7.15. The van der Waals surface area contributed by atoms with Crippen molar-refractivity contribution in [1.82, 2.24) is 10.2 Å². The smallest absolute Gasteiger partial charge is 0.416 e. The Labute approximate surface area is 228 Å². The molecule has 0 fully saturated rings. The van der Waals surface area contributed by atoms with E-state index >= 15 is 0 Å². The normalized spacial score (nSPS) is 12.6. The molecule has 12 heteroatoms. The van der Waals surface area contributed by atoms with E-state index < -0.39 is 33.7 Å². The number of ether oxygens (including phenoxy) is 1. The van der Waals surface area contributed by atoms with E-state index in [0.29, 0.717) is 12.3 Å². The summed E-state index contributed by atoms with van der Waals surface area (Å²) in [6.45, 7) is 5.83. The second-order valence-corrected chi connectivity index (χ2v) is 11.6. The second kappa shape index (κ2) is 13.7. The third-order valence-electron chi connectivity index (χ3n) is 5.95. The Hall–Kier alpha value is -3.28. The fourth-order valence-electron chi connectivity index (χ4n) is 3.84. The Balaban J connectivity index is 2.23. The fraction of sp³-hybridized carbons (Fsp3) is 0.481. The summed E-state index contributed by atoms with van der Waals surface area (Å²) in [5, 5.41) is 2.82. The highest BCUT2D eigenvalue weighted by Crippen LogP contribution is 2.32. The summed E-state index contributed by atoms with van der Waals surface area (Å²) in [4.78, 5) is 27.5. The van der Waals surface area contributed by atoms with Gasteiger partial charge in [0.15, 0.2) is 0 Å². The zero-order chi connectivity index (χ0) is 29.4. The van der Waals surface area contributed by atoms with E-state index in [4.69, 9.17) is 4.74 Å². The Morgan fingerprint density at radius 2 is 1.72 bits per heavy atom. The summed E-state index contributed by atoms with van der Waals surface area (Å²) >= 11 is 0. The molecule has 0 aliphatic rings. The Morgan fingerprint density at radius 3 is 2.31 bits per heavy atom. The number of sulfonamides is 1. The topological polar surface area (TPSA) is 96.0 Å². The molecule has 0 bridgehead atoms. The van der Waals surface area contributed by atoms with Gasteiger partial charge in [-0.05, 0) is 55.2 Å². The molecule has 2 amide bonds. The van der Waals surface area contributed by atoms with Gasteiger partial charge in [0.05, 0.1) is 24.6 Å². The van der Waals surface area contributed by atoms with Crippen LogP contribution < -0.4 is 14.4 Å². The van der Waals surface area contributed by atoms with E-state index in [1.54, 1.807) is 31.2 Å². The van der Waals surface area contributed by atoms with Gasteiger partial charge in [-0.3, -0.25) is 13.9 Å². The minimum Gasteiger partial charge on any atom is -0.497 e.